The molecule has 5 nitrogen and oxygen atoms in total. The van der Waals surface area contributed by atoms with E-state index in [0.717, 1.165) is 57.8 Å². The molecule has 0 heterocycles. The number of carbonyl (C=O) groups excluding carboxylic acids is 1. The Morgan fingerprint density at radius 3 is 1.83 bits per heavy atom. The summed E-state index contributed by atoms with van der Waals surface area (Å²) < 4.78 is 12.4. The summed E-state index contributed by atoms with van der Waals surface area (Å²) in [7, 11) is 1.72. The van der Waals surface area contributed by atoms with Crippen LogP contribution in [0, 0.1) is 6.92 Å². The lowest BCUT2D eigenvalue weighted by Crippen LogP contribution is -2.26. The molecule has 0 saturated carbocycles. The van der Waals surface area contributed by atoms with E-state index >= 15 is 0 Å². The third-order valence-corrected chi connectivity index (χ3v) is 7.20. The first-order chi connectivity index (χ1) is 20.5. The van der Waals surface area contributed by atoms with Gasteiger partial charge in [-0.3, -0.25) is 4.79 Å². The van der Waals surface area contributed by atoms with Crippen LogP contribution < -0.4 is 14.4 Å². The van der Waals surface area contributed by atoms with Crippen LogP contribution in [0.3, 0.4) is 0 Å². The molecule has 0 unspecified atom stereocenters. The van der Waals surface area contributed by atoms with E-state index in [4.69, 9.17) is 9.47 Å². The molecule has 0 bridgehead atoms. The highest BCUT2D eigenvalue weighted by Gasteiger charge is 2.17. The van der Waals surface area contributed by atoms with Gasteiger partial charge in [0.15, 0.2) is 11.5 Å². The number of hydrogen-bond donors (Lipinski definition) is 1. The molecule has 5 rings (SSSR count). The van der Waals surface area contributed by atoms with Crippen LogP contribution in [0.4, 0.5) is 5.69 Å². The molecule has 0 aliphatic rings. The quantitative estimate of drug-likeness (QED) is 0.179. The largest absolute Gasteiger partial charge is 0.507 e. The van der Waals surface area contributed by atoms with E-state index in [-0.39, 0.29) is 17.2 Å². The average Bonchev–Trinajstić information content (AvgIpc) is 3.03. The number of hydrogen-bond acceptors (Lipinski definition) is 4. The lowest BCUT2D eigenvalue weighted by Gasteiger charge is -2.18. The number of aromatic hydroxyl groups is 1. The summed E-state index contributed by atoms with van der Waals surface area (Å²) in [6.07, 6.45) is 1.66. The lowest BCUT2D eigenvalue weighted by molar-refractivity contribution is 0.0990. The van der Waals surface area contributed by atoms with E-state index in [9.17, 15) is 9.90 Å². The zero-order valence-electron chi connectivity index (χ0n) is 24.0. The monoisotopic (exact) mass is 557 g/mol. The van der Waals surface area contributed by atoms with Crippen molar-refractivity contribution in [2.75, 3.05) is 11.9 Å². The third-order valence-electron chi connectivity index (χ3n) is 7.20. The molecule has 1 N–H and O–H groups in total. The van der Waals surface area contributed by atoms with Crippen molar-refractivity contribution in [3.05, 3.63) is 155 Å². The van der Waals surface area contributed by atoms with Crippen LogP contribution in [0.2, 0.25) is 0 Å². The van der Waals surface area contributed by atoms with Crippen molar-refractivity contribution >= 4 is 11.6 Å². The number of amides is 1. The van der Waals surface area contributed by atoms with Gasteiger partial charge >= 0.3 is 0 Å². The van der Waals surface area contributed by atoms with Crippen LogP contribution >= 0.6 is 0 Å². The van der Waals surface area contributed by atoms with E-state index in [0.29, 0.717) is 13.2 Å². The molecule has 5 heteroatoms. The normalized spacial score (nSPS) is 10.7. The first-order valence-electron chi connectivity index (χ1n) is 14.1. The molecule has 0 radical (unpaired) electrons. The topological polar surface area (TPSA) is 59.0 Å². The smallest absolute Gasteiger partial charge is 0.261 e. The van der Waals surface area contributed by atoms with Gasteiger partial charge in [0.25, 0.3) is 5.91 Å². The van der Waals surface area contributed by atoms with Gasteiger partial charge in [-0.15, -0.1) is 0 Å². The summed E-state index contributed by atoms with van der Waals surface area (Å²) >= 11 is 0. The van der Waals surface area contributed by atoms with Gasteiger partial charge in [-0.2, -0.15) is 0 Å². The number of ether oxygens (including phenoxy) is 2. The number of aryl methyl sites for hydroxylation is 3. The molecular weight excluding hydrogens is 522 g/mol. The fourth-order valence-electron chi connectivity index (χ4n) is 4.71. The van der Waals surface area contributed by atoms with Crippen LogP contribution in [0.1, 0.15) is 38.2 Å². The van der Waals surface area contributed by atoms with Crippen LogP contribution in [-0.2, 0) is 26.1 Å². The molecule has 0 aliphatic carbocycles. The number of phenolic OH excluding ortho intramolecular Hbond substituents is 1. The van der Waals surface area contributed by atoms with Crippen LogP contribution in [0.15, 0.2) is 121 Å². The molecule has 0 saturated heterocycles. The van der Waals surface area contributed by atoms with Crippen molar-refractivity contribution in [2.45, 2.75) is 33.0 Å². The standard InChI is InChI=1S/C37H35NO4/c1-27-13-21-33(34(39)23-27)37(40)38(2)32-19-16-28(17-20-32)14-15-29-18-22-35(41-25-30-9-5-3-6-10-30)36(24-29)42-26-31-11-7-4-8-12-31/h3-13,16-24,39H,14-15,25-26H2,1-2H3. The Labute approximate surface area is 247 Å². The van der Waals surface area contributed by atoms with Gasteiger partial charge in [0.05, 0.1) is 5.56 Å². The first kappa shape index (κ1) is 28.5. The molecule has 42 heavy (non-hydrogen) atoms. The maximum absolute atomic E-state index is 12.9. The highest BCUT2D eigenvalue weighted by molar-refractivity contribution is 6.07. The summed E-state index contributed by atoms with van der Waals surface area (Å²) in [5, 5.41) is 10.2. The lowest BCUT2D eigenvalue weighted by atomic mass is 10.0. The highest BCUT2D eigenvalue weighted by Crippen LogP contribution is 2.31. The summed E-state index contributed by atoms with van der Waals surface area (Å²) in [6, 6.07) is 39.4. The predicted octanol–water partition coefficient (Wildman–Crippen LogP) is 7.92. The fraction of sp³-hybridized carbons (Fsp3) is 0.162. The molecule has 5 aromatic rings. The minimum Gasteiger partial charge on any atom is -0.507 e. The minimum atomic E-state index is -0.252. The highest BCUT2D eigenvalue weighted by atomic mass is 16.5. The van der Waals surface area contributed by atoms with Gasteiger partial charge in [-0.25, -0.2) is 0 Å². The predicted molar refractivity (Wildman–Crippen MR) is 167 cm³/mol. The molecule has 0 atom stereocenters. The fourth-order valence-corrected chi connectivity index (χ4v) is 4.71. The van der Waals surface area contributed by atoms with Gasteiger partial charge in [0.2, 0.25) is 0 Å². The number of phenols is 1. The molecular formula is C37H35NO4. The molecule has 0 aliphatic heterocycles. The Kier molecular flexibility index (Phi) is 9.20. The second-order valence-corrected chi connectivity index (χ2v) is 10.4. The molecule has 0 aromatic heterocycles. The van der Waals surface area contributed by atoms with Crippen molar-refractivity contribution in [1.82, 2.24) is 0 Å². The number of rotatable bonds is 11. The zero-order chi connectivity index (χ0) is 29.3. The Balaban J connectivity index is 1.24. The SMILES string of the molecule is Cc1ccc(C(=O)N(C)c2ccc(CCc3ccc(OCc4ccccc4)c(OCc4ccccc4)c3)cc2)c(O)c1. The number of benzene rings is 5. The van der Waals surface area contributed by atoms with E-state index < -0.39 is 0 Å². The van der Waals surface area contributed by atoms with Crippen molar-refractivity contribution in [3.8, 4) is 17.2 Å². The van der Waals surface area contributed by atoms with Crippen molar-refractivity contribution in [2.24, 2.45) is 0 Å². The Morgan fingerprint density at radius 1 is 0.643 bits per heavy atom. The Hall–Kier alpha value is -5.03. The van der Waals surface area contributed by atoms with E-state index in [1.807, 2.05) is 104 Å². The molecule has 212 valence electrons. The van der Waals surface area contributed by atoms with Gasteiger partial charge in [-0.05, 0) is 84.0 Å². The minimum absolute atomic E-state index is 0.00734. The first-order valence-corrected chi connectivity index (χ1v) is 14.1. The second kappa shape index (κ2) is 13.6. The van der Waals surface area contributed by atoms with Crippen LogP contribution in [-0.4, -0.2) is 18.1 Å². The van der Waals surface area contributed by atoms with Gasteiger partial charge in [0, 0.05) is 12.7 Å². The Bertz CT molecular complexity index is 1620. The van der Waals surface area contributed by atoms with Crippen molar-refractivity contribution in [1.29, 1.82) is 0 Å². The number of anilines is 1. The maximum atomic E-state index is 12.9. The molecule has 0 fully saturated rings. The third kappa shape index (κ3) is 7.38. The Morgan fingerprint density at radius 2 is 1.21 bits per heavy atom. The van der Waals surface area contributed by atoms with Crippen molar-refractivity contribution < 1.29 is 19.4 Å². The van der Waals surface area contributed by atoms with E-state index in [1.54, 1.807) is 24.1 Å². The number of nitrogens with zero attached hydrogens (tertiary/aromatic N) is 1. The van der Waals surface area contributed by atoms with Gasteiger partial charge < -0.3 is 19.5 Å². The van der Waals surface area contributed by atoms with E-state index in [1.165, 1.54) is 0 Å². The van der Waals surface area contributed by atoms with Gasteiger partial charge in [0.1, 0.15) is 19.0 Å². The summed E-state index contributed by atoms with van der Waals surface area (Å²) in [5.74, 6) is 1.18. The van der Waals surface area contributed by atoms with Gasteiger partial charge in [-0.1, -0.05) is 84.9 Å². The van der Waals surface area contributed by atoms with Crippen LogP contribution in [0.5, 0.6) is 17.2 Å². The maximum Gasteiger partial charge on any atom is 0.261 e. The van der Waals surface area contributed by atoms with E-state index in [2.05, 4.69) is 12.1 Å². The van der Waals surface area contributed by atoms with Crippen LogP contribution in [0.25, 0.3) is 0 Å². The summed E-state index contributed by atoms with van der Waals surface area (Å²) in [5.41, 5.74) is 6.46. The summed E-state index contributed by atoms with van der Waals surface area (Å²) in [6.45, 7) is 2.80. The molecule has 1 amide bonds. The average molecular weight is 558 g/mol. The summed E-state index contributed by atoms with van der Waals surface area (Å²) in [4.78, 5) is 14.5. The zero-order valence-corrected chi connectivity index (χ0v) is 24.0. The number of carbonyl (C=O) groups is 1. The molecule has 0 spiro atoms. The molecule has 5 aromatic carbocycles. The van der Waals surface area contributed by atoms with Crippen molar-refractivity contribution in [3.63, 3.8) is 0 Å². The second-order valence-electron chi connectivity index (χ2n) is 10.4.